The molecule has 1 aromatic carbocycles. The van der Waals surface area contributed by atoms with Crippen LogP contribution in [-0.4, -0.2) is 46.9 Å². The smallest absolute Gasteiger partial charge is 0.239 e. The van der Waals surface area contributed by atoms with Crippen LogP contribution in [0.2, 0.25) is 0 Å². The van der Waals surface area contributed by atoms with Crippen molar-refractivity contribution in [1.82, 2.24) is 26.1 Å². The number of hydrazine groups is 1. The molecule has 186 valence electrons. The third-order valence-corrected chi connectivity index (χ3v) is 7.82. The molecule has 3 fully saturated rings. The minimum atomic E-state index is -0.844. The number of fused-ring (bicyclic) bond motifs is 1. The minimum Gasteiger partial charge on any atom is -0.368 e. The lowest BCUT2D eigenvalue weighted by Gasteiger charge is -2.38. The van der Waals surface area contributed by atoms with Crippen LogP contribution in [0.15, 0.2) is 48.8 Å². The lowest BCUT2D eigenvalue weighted by molar-refractivity contribution is -0.128. The summed E-state index contributed by atoms with van der Waals surface area (Å²) in [5.74, 6) is -0.691. The van der Waals surface area contributed by atoms with Crippen LogP contribution >= 0.6 is 0 Å². The van der Waals surface area contributed by atoms with E-state index in [1.165, 1.54) is 11.6 Å². The number of nitrogens with zero attached hydrogens (tertiary/aromatic N) is 2. The Hall–Kier alpha value is -2.88. The van der Waals surface area contributed by atoms with E-state index < -0.39 is 17.8 Å². The molecule has 5 unspecified atom stereocenters. The van der Waals surface area contributed by atoms with Crippen molar-refractivity contribution in [2.45, 2.75) is 56.3 Å². The summed E-state index contributed by atoms with van der Waals surface area (Å²) in [6.45, 7) is 1.10. The number of hydrogen-bond acceptors (Lipinski definition) is 6. The minimum absolute atomic E-state index is 0.0591. The highest BCUT2D eigenvalue weighted by atomic mass is 19.1. The van der Waals surface area contributed by atoms with Crippen molar-refractivity contribution >= 4 is 11.8 Å². The Bertz CT molecular complexity index is 1050. The maximum Gasteiger partial charge on any atom is 0.239 e. The van der Waals surface area contributed by atoms with Gasteiger partial charge in [-0.3, -0.25) is 24.9 Å². The molecule has 9 heteroatoms. The molecule has 2 aromatic rings. The summed E-state index contributed by atoms with van der Waals surface area (Å²) in [6, 6.07) is 9.85. The van der Waals surface area contributed by atoms with Gasteiger partial charge in [-0.05, 0) is 68.3 Å². The monoisotopic (exact) mass is 480 g/mol. The summed E-state index contributed by atoms with van der Waals surface area (Å²) >= 11 is 0. The summed E-state index contributed by atoms with van der Waals surface area (Å²) in [5.41, 5.74) is 14.0. The maximum absolute atomic E-state index is 14.4. The van der Waals surface area contributed by atoms with Crippen LogP contribution in [0.5, 0.6) is 0 Å². The summed E-state index contributed by atoms with van der Waals surface area (Å²) in [6.07, 6.45) is 7.80. The summed E-state index contributed by atoms with van der Waals surface area (Å²) in [7, 11) is 0. The number of pyridine rings is 1. The average Bonchev–Trinajstić information content (AvgIpc) is 3.29. The Balaban J connectivity index is 1.23. The molecule has 0 spiro atoms. The lowest BCUT2D eigenvalue weighted by Crippen LogP contribution is -2.52. The second kappa shape index (κ2) is 10.4. The molecule has 2 amide bonds. The van der Waals surface area contributed by atoms with Gasteiger partial charge >= 0.3 is 0 Å². The fourth-order valence-corrected chi connectivity index (χ4v) is 6.10. The van der Waals surface area contributed by atoms with E-state index in [0.717, 1.165) is 32.1 Å². The number of likely N-dealkylation sites (tertiary alicyclic amines) is 1. The highest BCUT2D eigenvalue weighted by Crippen LogP contribution is 2.40. The first-order valence-electron chi connectivity index (χ1n) is 12.5. The predicted octanol–water partition coefficient (Wildman–Crippen LogP) is 1.96. The Kier molecular flexibility index (Phi) is 7.08. The van der Waals surface area contributed by atoms with E-state index in [0.29, 0.717) is 25.0 Å². The second-order valence-electron chi connectivity index (χ2n) is 10.00. The van der Waals surface area contributed by atoms with Gasteiger partial charge in [-0.2, -0.15) is 0 Å². The molecule has 35 heavy (non-hydrogen) atoms. The summed E-state index contributed by atoms with van der Waals surface area (Å²) in [5, 5.41) is 3.24. The molecule has 0 radical (unpaired) electrons. The van der Waals surface area contributed by atoms with Gasteiger partial charge in [0.25, 0.3) is 0 Å². The molecule has 5 rings (SSSR count). The third kappa shape index (κ3) is 5.07. The number of primary amides is 1. The van der Waals surface area contributed by atoms with Gasteiger partial charge < -0.3 is 11.1 Å². The number of nitrogens with two attached hydrogens (primary N) is 1. The van der Waals surface area contributed by atoms with Gasteiger partial charge in [0.05, 0.1) is 6.04 Å². The van der Waals surface area contributed by atoms with Crippen molar-refractivity contribution in [1.29, 1.82) is 0 Å². The molecule has 2 saturated heterocycles. The zero-order chi connectivity index (χ0) is 24.4. The van der Waals surface area contributed by atoms with Gasteiger partial charge in [0.1, 0.15) is 11.9 Å². The van der Waals surface area contributed by atoms with Gasteiger partial charge in [0.15, 0.2) is 0 Å². The number of carbonyl (C=O) groups is 2. The van der Waals surface area contributed by atoms with Crippen molar-refractivity contribution in [2.24, 2.45) is 17.6 Å². The highest BCUT2D eigenvalue weighted by molar-refractivity contribution is 5.81. The van der Waals surface area contributed by atoms with Crippen LogP contribution in [0.1, 0.15) is 55.3 Å². The Labute approximate surface area is 204 Å². The van der Waals surface area contributed by atoms with Crippen molar-refractivity contribution in [3.8, 4) is 0 Å². The predicted molar refractivity (Wildman–Crippen MR) is 129 cm³/mol. The molecule has 6 atom stereocenters. The van der Waals surface area contributed by atoms with Crippen LogP contribution < -0.4 is 21.9 Å². The molecule has 2 aliphatic heterocycles. The first-order valence-corrected chi connectivity index (χ1v) is 12.5. The van der Waals surface area contributed by atoms with Crippen molar-refractivity contribution < 1.29 is 14.0 Å². The zero-order valence-electron chi connectivity index (χ0n) is 19.7. The topological polar surface area (TPSA) is 112 Å². The van der Waals surface area contributed by atoms with E-state index in [1.54, 1.807) is 30.6 Å². The normalized spacial score (nSPS) is 29.8. The standard InChI is InChI=1S/C26H33FN6O2/c27-21-6-2-1-5-19(21)24(25(28)34)33-13-3-4-18(15-33)30-26(35)17-7-8-22-20(14-17)23(32-31-22)16-9-11-29-12-10-16/h1-2,5-6,9-12,17-18,20,22-24,31-32H,3-4,7-8,13-15H2,(H2,28,34)(H,30,35)/t17?,18-,20?,22?,23?,24?/m1/s1. The fourth-order valence-electron chi connectivity index (χ4n) is 6.10. The Morgan fingerprint density at radius 2 is 1.91 bits per heavy atom. The van der Waals surface area contributed by atoms with Crippen LogP contribution in [0.25, 0.3) is 0 Å². The highest BCUT2D eigenvalue weighted by Gasteiger charge is 2.43. The van der Waals surface area contributed by atoms with Gasteiger partial charge in [0.2, 0.25) is 11.8 Å². The van der Waals surface area contributed by atoms with Crippen LogP contribution in [0, 0.1) is 17.7 Å². The molecular formula is C26H33FN6O2. The lowest BCUT2D eigenvalue weighted by atomic mass is 9.74. The number of nitrogens with one attached hydrogen (secondary N) is 3. The van der Waals surface area contributed by atoms with Gasteiger partial charge in [-0.15, -0.1) is 0 Å². The van der Waals surface area contributed by atoms with Crippen molar-refractivity contribution in [2.75, 3.05) is 13.1 Å². The van der Waals surface area contributed by atoms with E-state index in [1.807, 2.05) is 17.0 Å². The number of aromatic nitrogens is 1. The van der Waals surface area contributed by atoms with E-state index in [9.17, 15) is 14.0 Å². The van der Waals surface area contributed by atoms with E-state index in [-0.39, 0.29) is 29.5 Å². The van der Waals surface area contributed by atoms with Gasteiger partial charge in [0, 0.05) is 42.5 Å². The first kappa shape index (κ1) is 23.8. The van der Waals surface area contributed by atoms with Crippen LogP contribution in [-0.2, 0) is 9.59 Å². The molecule has 1 aliphatic carbocycles. The van der Waals surface area contributed by atoms with E-state index in [2.05, 4.69) is 21.2 Å². The first-order chi connectivity index (χ1) is 17.0. The van der Waals surface area contributed by atoms with Gasteiger partial charge in [-0.25, -0.2) is 9.82 Å². The Morgan fingerprint density at radius 1 is 1.11 bits per heavy atom. The molecule has 0 bridgehead atoms. The average molecular weight is 481 g/mol. The number of benzene rings is 1. The number of hydrogen-bond donors (Lipinski definition) is 4. The number of piperidine rings is 1. The molecule has 1 saturated carbocycles. The summed E-state index contributed by atoms with van der Waals surface area (Å²) < 4.78 is 14.4. The fraction of sp³-hybridized carbons (Fsp3) is 0.500. The van der Waals surface area contributed by atoms with Crippen molar-refractivity contribution in [3.63, 3.8) is 0 Å². The summed E-state index contributed by atoms with van der Waals surface area (Å²) in [4.78, 5) is 31.6. The SMILES string of the molecule is NC(=O)C(c1ccccc1F)N1CCC[C@@H](NC(=O)C2CCC3NNC(c4ccncc4)C3C2)C1. The van der Waals surface area contributed by atoms with Crippen LogP contribution in [0.3, 0.4) is 0 Å². The van der Waals surface area contributed by atoms with Gasteiger partial charge in [-0.1, -0.05) is 18.2 Å². The number of rotatable bonds is 6. The third-order valence-electron chi connectivity index (χ3n) is 7.82. The molecule has 3 heterocycles. The molecule has 3 aliphatic rings. The number of carbonyl (C=O) groups excluding carboxylic acids is 2. The quantitative estimate of drug-likeness (QED) is 0.503. The largest absolute Gasteiger partial charge is 0.368 e. The van der Waals surface area contributed by atoms with Crippen LogP contribution in [0.4, 0.5) is 4.39 Å². The molecule has 5 N–H and O–H groups in total. The van der Waals surface area contributed by atoms with E-state index >= 15 is 0 Å². The zero-order valence-corrected chi connectivity index (χ0v) is 19.7. The van der Waals surface area contributed by atoms with Crippen molar-refractivity contribution in [3.05, 3.63) is 65.7 Å². The molecular weight excluding hydrogens is 447 g/mol. The second-order valence-corrected chi connectivity index (χ2v) is 10.00. The molecule has 8 nitrogen and oxygen atoms in total. The maximum atomic E-state index is 14.4. The number of amides is 2. The van der Waals surface area contributed by atoms with E-state index in [4.69, 9.17) is 5.73 Å². The Morgan fingerprint density at radius 3 is 2.69 bits per heavy atom. The molecule has 1 aromatic heterocycles. The number of halogens is 1.